The summed E-state index contributed by atoms with van der Waals surface area (Å²) in [5, 5.41) is 40.7. The molecule has 0 spiro atoms. The first-order chi connectivity index (χ1) is 32.1. The molecule has 0 aliphatic carbocycles. The number of nitrogens with two attached hydrogens (primary N) is 1. The molecule has 0 unspecified atom stereocenters. The largest absolute Gasteiger partial charge is 0.480 e. The molecule has 0 aliphatic rings. The summed E-state index contributed by atoms with van der Waals surface area (Å²) < 4.78 is 0. The Morgan fingerprint density at radius 2 is 0.884 bits per heavy atom. The number of hydrogen-bond acceptors (Lipinski definition) is 11. The Hall–Kier alpha value is -5.63. The number of aliphatic hydroxyl groups is 1. The highest BCUT2D eigenvalue weighted by atomic mass is 16.4. The van der Waals surface area contributed by atoms with Crippen LogP contribution in [0.25, 0.3) is 0 Å². The van der Waals surface area contributed by atoms with E-state index in [-0.39, 0.29) is 37.0 Å². The number of nitrogens with one attached hydrogen (secondary N) is 8. The van der Waals surface area contributed by atoms with Crippen molar-refractivity contribution in [3.63, 3.8) is 0 Å². The van der Waals surface area contributed by atoms with Gasteiger partial charge in [0, 0.05) is 6.42 Å². The van der Waals surface area contributed by atoms with Gasteiger partial charge in [-0.25, -0.2) is 4.79 Å². The molecule has 1 rings (SSSR count). The highest BCUT2D eigenvalue weighted by Gasteiger charge is 2.36. The van der Waals surface area contributed by atoms with Crippen molar-refractivity contribution in [2.75, 3.05) is 6.61 Å². The molecular weight excluding hydrogens is 891 g/mol. The van der Waals surface area contributed by atoms with E-state index in [2.05, 4.69) is 42.5 Å². The van der Waals surface area contributed by atoms with Gasteiger partial charge in [0.05, 0.1) is 12.6 Å². The quantitative estimate of drug-likeness (QED) is 0.0515. The summed E-state index contributed by atoms with van der Waals surface area (Å²) in [5.41, 5.74) is 6.82. The number of carbonyl (C=O) groups is 9. The number of hydrogen-bond donors (Lipinski definition) is 11. The number of aliphatic carboxylic acids is 1. The summed E-state index contributed by atoms with van der Waals surface area (Å²) in [6, 6.07) is -1.89. The number of rotatable bonds is 30. The number of carboxylic acid groups (broad SMARTS) is 1. The van der Waals surface area contributed by atoms with Crippen LogP contribution in [0.15, 0.2) is 30.3 Å². The van der Waals surface area contributed by atoms with E-state index < -0.39 is 132 Å². The molecule has 20 heteroatoms. The lowest BCUT2D eigenvalue weighted by Crippen LogP contribution is -2.62. The molecule has 0 saturated heterocycles. The SMILES string of the molecule is CC[C@H](C)[C@H](NC(=O)[C@H](C)NC(=O)[C@H](Cc1ccccc1)NC(=O)[C@H](CC(C)C)NC(=O)[C@@H](N)CC(C)C)C(=O)N[C@H](C(=O)N[C@@H](CO)C(=O)N[C@@H](CC(C)C)C(=O)N[C@H](C(=O)O)C(C)C)C(C)C. The van der Waals surface area contributed by atoms with Crippen LogP contribution in [-0.2, 0) is 49.6 Å². The Morgan fingerprint density at radius 1 is 0.478 bits per heavy atom. The van der Waals surface area contributed by atoms with Crippen molar-refractivity contribution in [3.8, 4) is 0 Å². The van der Waals surface area contributed by atoms with Crippen molar-refractivity contribution in [2.24, 2.45) is 41.2 Å². The summed E-state index contributed by atoms with van der Waals surface area (Å²) in [5.74, 6) is -8.62. The van der Waals surface area contributed by atoms with Crippen LogP contribution < -0.4 is 48.3 Å². The highest BCUT2D eigenvalue weighted by Crippen LogP contribution is 2.14. The first kappa shape index (κ1) is 61.4. The Kier molecular flexibility index (Phi) is 26.8. The molecule has 10 atom stereocenters. The topological polar surface area (TPSA) is 316 Å². The minimum absolute atomic E-state index is 0.0155. The molecule has 0 aliphatic heterocycles. The third-order valence-corrected chi connectivity index (χ3v) is 11.5. The third-order valence-electron chi connectivity index (χ3n) is 11.5. The first-order valence-corrected chi connectivity index (χ1v) is 24.2. The van der Waals surface area contributed by atoms with Gasteiger partial charge in [0.25, 0.3) is 0 Å². The summed E-state index contributed by atoms with van der Waals surface area (Å²) in [4.78, 5) is 121. The fourth-order valence-corrected chi connectivity index (χ4v) is 7.26. The van der Waals surface area contributed by atoms with Crippen molar-refractivity contribution in [2.45, 2.75) is 176 Å². The Bertz CT molecular complexity index is 1860. The van der Waals surface area contributed by atoms with Gasteiger partial charge in [0.2, 0.25) is 47.3 Å². The van der Waals surface area contributed by atoms with Gasteiger partial charge in [-0.1, -0.05) is 120 Å². The lowest BCUT2D eigenvalue weighted by atomic mass is 9.96. The second-order valence-electron chi connectivity index (χ2n) is 20.0. The van der Waals surface area contributed by atoms with Crippen LogP contribution in [0.2, 0.25) is 0 Å². The van der Waals surface area contributed by atoms with Gasteiger partial charge < -0.3 is 58.5 Å². The summed E-state index contributed by atoms with van der Waals surface area (Å²) in [6.07, 6.45) is 1.22. The van der Waals surface area contributed by atoms with Crippen LogP contribution >= 0.6 is 0 Å². The zero-order valence-electron chi connectivity index (χ0n) is 42.9. The summed E-state index contributed by atoms with van der Waals surface area (Å²) in [7, 11) is 0. The minimum atomic E-state index is -1.57. The Morgan fingerprint density at radius 3 is 1.35 bits per heavy atom. The molecule has 0 aromatic heterocycles. The number of aliphatic hydroxyl groups excluding tert-OH is 1. The maximum atomic E-state index is 14.0. The maximum absolute atomic E-state index is 14.0. The summed E-state index contributed by atoms with van der Waals surface area (Å²) in [6.45, 7) is 21.7. The fraction of sp³-hybridized carbons (Fsp3) is 0.694. The number of carbonyl (C=O) groups excluding carboxylic acids is 8. The molecule has 0 saturated carbocycles. The van der Waals surface area contributed by atoms with E-state index in [1.165, 1.54) is 6.92 Å². The van der Waals surface area contributed by atoms with E-state index in [0.29, 0.717) is 18.4 Å². The predicted octanol–water partition coefficient (Wildman–Crippen LogP) is 1.03. The van der Waals surface area contributed by atoms with E-state index in [4.69, 9.17) is 5.73 Å². The van der Waals surface area contributed by atoms with Gasteiger partial charge in [-0.05, 0) is 67.3 Å². The van der Waals surface area contributed by atoms with Crippen molar-refractivity contribution in [1.29, 1.82) is 0 Å². The Balaban J connectivity index is 3.28. The second-order valence-corrected chi connectivity index (χ2v) is 20.0. The first-order valence-electron chi connectivity index (χ1n) is 24.2. The van der Waals surface area contributed by atoms with Crippen molar-refractivity contribution < 1.29 is 53.4 Å². The fourth-order valence-electron chi connectivity index (χ4n) is 7.26. The standard InChI is InChI=1S/C49H83N9O11/c1-14-30(12)40(48(67)56-38(28(8)9)47(66)55-37(24-59)46(65)53-35(22-27(6)7)45(64)57-39(29(10)11)49(68)69)58-41(60)31(13)51-43(62)36(23-32-18-16-15-17-19-32)54-44(63)34(21-26(4)5)52-42(61)33(50)20-25(2)3/h15-19,25-31,33-40,59H,14,20-24,50H2,1-13H3,(H,51,62)(H,52,61)(H,53,65)(H,54,63)(H,55,66)(H,56,67)(H,57,64)(H,58,60)(H,68,69)/t30-,31-,33-,34-,35-,36-,37-,38-,39-,40-/m0/s1. The van der Waals surface area contributed by atoms with E-state index in [0.717, 1.165) is 0 Å². The molecule has 1 aromatic carbocycles. The van der Waals surface area contributed by atoms with Gasteiger partial charge in [0.15, 0.2) is 0 Å². The zero-order valence-corrected chi connectivity index (χ0v) is 42.9. The van der Waals surface area contributed by atoms with E-state index in [1.54, 1.807) is 85.7 Å². The monoisotopic (exact) mass is 974 g/mol. The van der Waals surface area contributed by atoms with E-state index >= 15 is 0 Å². The normalized spacial score (nSPS) is 15.9. The van der Waals surface area contributed by atoms with Crippen molar-refractivity contribution >= 4 is 53.2 Å². The smallest absolute Gasteiger partial charge is 0.326 e. The molecule has 12 N–H and O–H groups in total. The van der Waals surface area contributed by atoms with Gasteiger partial charge in [-0.2, -0.15) is 0 Å². The molecule has 8 amide bonds. The lowest BCUT2D eigenvalue weighted by Gasteiger charge is -2.30. The molecule has 390 valence electrons. The number of benzene rings is 1. The average Bonchev–Trinajstić information content (AvgIpc) is 3.26. The zero-order chi connectivity index (χ0) is 52.9. The average molecular weight is 974 g/mol. The van der Waals surface area contributed by atoms with E-state index in [1.807, 2.05) is 27.7 Å². The molecule has 0 radical (unpaired) electrons. The van der Waals surface area contributed by atoms with Crippen LogP contribution in [0.1, 0.15) is 121 Å². The predicted molar refractivity (Wildman–Crippen MR) is 261 cm³/mol. The summed E-state index contributed by atoms with van der Waals surface area (Å²) >= 11 is 0. The molecule has 20 nitrogen and oxygen atoms in total. The van der Waals surface area contributed by atoms with Crippen LogP contribution in [-0.4, -0.2) is 124 Å². The number of carboxylic acids is 1. The molecule has 69 heavy (non-hydrogen) atoms. The van der Waals surface area contributed by atoms with Crippen molar-refractivity contribution in [1.82, 2.24) is 42.5 Å². The third kappa shape index (κ3) is 21.7. The molecular formula is C49H83N9O11. The van der Waals surface area contributed by atoms with Crippen LogP contribution in [0.3, 0.4) is 0 Å². The molecule has 0 fully saturated rings. The van der Waals surface area contributed by atoms with Gasteiger partial charge >= 0.3 is 5.97 Å². The molecule has 0 bridgehead atoms. The van der Waals surface area contributed by atoms with Crippen molar-refractivity contribution in [3.05, 3.63) is 35.9 Å². The second kappa shape index (κ2) is 30.1. The molecule has 1 aromatic rings. The van der Waals surface area contributed by atoms with E-state index in [9.17, 15) is 53.4 Å². The lowest BCUT2D eigenvalue weighted by molar-refractivity contribution is -0.143. The maximum Gasteiger partial charge on any atom is 0.326 e. The number of amides is 8. The van der Waals surface area contributed by atoms with Crippen LogP contribution in [0, 0.1) is 35.5 Å². The highest BCUT2D eigenvalue weighted by molar-refractivity contribution is 5.98. The van der Waals surface area contributed by atoms with Gasteiger partial charge in [-0.3, -0.25) is 38.4 Å². The minimum Gasteiger partial charge on any atom is -0.480 e. The van der Waals surface area contributed by atoms with Crippen LogP contribution in [0.4, 0.5) is 0 Å². The van der Waals surface area contributed by atoms with Gasteiger partial charge in [-0.15, -0.1) is 0 Å². The Labute approximate surface area is 408 Å². The van der Waals surface area contributed by atoms with Gasteiger partial charge in [0.1, 0.15) is 48.3 Å². The molecule has 0 heterocycles. The van der Waals surface area contributed by atoms with Crippen LogP contribution in [0.5, 0.6) is 0 Å².